The lowest BCUT2D eigenvalue weighted by molar-refractivity contribution is 0.118. The SMILES string of the molecule is CCCCCCCCC(CC)C(CC)(CC)CC.N.N. The highest BCUT2D eigenvalue weighted by molar-refractivity contribution is 4.82. The second-order valence-corrected chi connectivity index (χ2v) is 6.08. The average Bonchev–Trinajstić information content (AvgIpc) is 2.42. The van der Waals surface area contributed by atoms with Crippen LogP contribution < -0.4 is 12.3 Å². The van der Waals surface area contributed by atoms with Crippen LogP contribution in [-0.2, 0) is 0 Å². The summed E-state index contributed by atoms with van der Waals surface area (Å²) in [6.07, 6.45) is 15.6. The zero-order valence-electron chi connectivity index (χ0n) is 15.3. The average molecular weight is 289 g/mol. The number of rotatable bonds is 12. The van der Waals surface area contributed by atoms with Crippen molar-refractivity contribution in [2.45, 2.75) is 105 Å². The molecule has 0 rings (SSSR count). The van der Waals surface area contributed by atoms with Gasteiger partial charge in [0.15, 0.2) is 0 Å². The van der Waals surface area contributed by atoms with Crippen LogP contribution in [0.25, 0.3) is 0 Å². The minimum atomic E-state index is 0. The summed E-state index contributed by atoms with van der Waals surface area (Å²) in [4.78, 5) is 0. The Morgan fingerprint density at radius 1 is 0.650 bits per heavy atom. The first kappa shape index (κ1) is 24.9. The summed E-state index contributed by atoms with van der Waals surface area (Å²) >= 11 is 0. The van der Waals surface area contributed by atoms with E-state index in [4.69, 9.17) is 0 Å². The van der Waals surface area contributed by atoms with Crippen molar-refractivity contribution >= 4 is 0 Å². The molecule has 0 spiro atoms. The Morgan fingerprint density at radius 2 is 1.10 bits per heavy atom. The third-order valence-electron chi connectivity index (χ3n) is 5.38. The molecule has 6 N–H and O–H groups in total. The molecule has 0 amide bonds. The highest BCUT2D eigenvalue weighted by Gasteiger charge is 2.31. The molecule has 0 aliphatic carbocycles. The normalized spacial score (nSPS) is 12.4. The monoisotopic (exact) mass is 288 g/mol. The van der Waals surface area contributed by atoms with Gasteiger partial charge in [-0.15, -0.1) is 0 Å². The largest absolute Gasteiger partial charge is 0.344 e. The zero-order chi connectivity index (χ0) is 13.9. The molecule has 0 aromatic carbocycles. The van der Waals surface area contributed by atoms with Crippen molar-refractivity contribution in [2.24, 2.45) is 11.3 Å². The van der Waals surface area contributed by atoms with Crippen LogP contribution in [-0.4, -0.2) is 0 Å². The van der Waals surface area contributed by atoms with E-state index in [0.29, 0.717) is 5.41 Å². The molecular formula is C18H44N2. The van der Waals surface area contributed by atoms with Crippen molar-refractivity contribution in [3.05, 3.63) is 0 Å². The maximum atomic E-state index is 2.40. The molecule has 0 fully saturated rings. The Hall–Kier alpha value is -0.0800. The van der Waals surface area contributed by atoms with E-state index in [9.17, 15) is 0 Å². The fourth-order valence-electron chi connectivity index (χ4n) is 3.73. The minimum Gasteiger partial charge on any atom is -0.344 e. The Morgan fingerprint density at radius 3 is 1.50 bits per heavy atom. The maximum Gasteiger partial charge on any atom is -0.0277 e. The molecule has 2 nitrogen and oxygen atoms in total. The van der Waals surface area contributed by atoms with Crippen molar-refractivity contribution in [1.82, 2.24) is 12.3 Å². The summed E-state index contributed by atoms with van der Waals surface area (Å²) in [5.74, 6) is 0.962. The van der Waals surface area contributed by atoms with Crippen molar-refractivity contribution in [3.63, 3.8) is 0 Å². The van der Waals surface area contributed by atoms with E-state index in [1.807, 2.05) is 0 Å². The Bertz CT molecular complexity index is 168. The van der Waals surface area contributed by atoms with Gasteiger partial charge in [-0.3, -0.25) is 0 Å². The van der Waals surface area contributed by atoms with Crippen LogP contribution in [0.1, 0.15) is 105 Å². The van der Waals surface area contributed by atoms with Crippen LogP contribution in [0, 0.1) is 11.3 Å². The molecule has 0 heterocycles. The lowest BCUT2D eigenvalue weighted by Gasteiger charge is -2.39. The van der Waals surface area contributed by atoms with E-state index >= 15 is 0 Å². The standard InChI is InChI=1S/C18H38.2H3N/c1-6-11-12-13-14-15-16-17(7-2)18(8-3,9-4)10-5;;/h17H,6-16H2,1-5H3;2*1H3. The third-order valence-corrected chi connectivity index (χ3v) is 5.38. The minimum absolute atomic E-state index is 0. The molecule has 20 heavy (non-hydrogen) atoms. The topological polar surface area (TPSA) is 70.0 Å². The van der Waals surface area contributed by atoms with E-state index < -0.39 is 0 Å². The molecule has 0 aromatic rings. The number of unbranched alkanes of at least 4 members (excludes halogenated alkanes) is 5. The first-order valence-electron chi connectivity index (χ1n) is 8.70. The molecule has 0 saturated heterocycles. The van der Waals surface area contributed by atoms with Gasteiger partial charge in [-0.1, -0.05) is 98.8 Å². The van der Waals surface area contributed by atoms with Gasteiger partial charge < -0.3 is 12.3 Å². The summed E-state index contributed by atoms with van der Waals surface area (Å²) in [5, 5.41) is 0. The first-order chi connectivity index (χ1) is 8.70. The van der Waals surface area contributed by atoms with Crippen LogP contribution >= 0.6 is 0 Å². The zero-order valence-corrected chi connectivity index (χ0v) is 15.3. The quantitative estimate of drug-likeness (QED) is 0.370. The molecule has 1 atom stereocenters. The van der Waals surface area contributed by atoms with Gasteiger partial charge >= 0.3 is 0 Å². The molecule has 0 radical (unpaired) electrons. The Balaban J connectivity index is -0.00000144. The number of hydrogen-bond donors (Lipinski definition) is 2. The summed E-state index contributed by atoms with van der Waals surface area (Å²) in [6.45, 7) is 11.9. The highest BCUT2D eigenvalue weighted by atomic mass is 14.4. The molecule has 0 aliphatic heterocycles. The molecule has 0 aliphatic rings. The summed E-state index contributed by atoms with van der Waals surface area (Å²) < 4.78 is 0. The first-order valence-corrected chi connectivity index (χ1v) is 8.70. The fourth-order valence-corrected chi connectivity index (χ4v) is 3.73. The molecule has 0 saturated carbocycles. The van der Waals surface area contributed by atoms with Crippen LogP contribution in [0.3, 0.4) is 0 Å². The van der Waals surface area contributed by atoms with Crippen LogP contribution in [0.15, 0.2) is 0 Å². The summed E-state index contributed by atoms with van der Waals surface area (Å²) in [5.41, 5.74) is 0.637. The van der Waals surface area contributed by atoms with E-state index in [1.54, 1.807) is 0 Å². The summed E-state index contributed by atoms with van der Waals surface area (Å²) in [7, 11) is 0. The van der Waals surface area contributed by atoms with E-state index in [0.717, 1.165) is 5.92 Å². The van der Waals surface area contributed by atoms with Gasteiger partial charge in [0.2, 0.25) is 0 Å². The fraction of sp³-hybridized carbons (Fsp3) is 1.00. The Labute approximate surface area is 129 Å². The van der Waals surface area contributed by atoms with Gasteiger partial charge in [-0.25, -0.2) is 0 Å². The van der Waals surface area contributed by atoms with Gasteiger partial charge in [-0.2, -0.15) is 0 Å². The van der Waals surface area contributed by atoms with Crippen molar-refractivity contribution in [1.29, 1.82) is 0 Å². The van der Waals surface area contributed by atoms with Gasteiger partial charge in [0.25, 0.3) is 0 Å². The molecule has 0 bridgehead atoms. The van der Waals surface area contributed by atoms with E-state index in [2.05, 4.69) is 34.6 Å². The molecule has 2 heteroatoms. The van der Waals surface area contributed by atoms with Crippen molar-refractivity contribution in [2.75, 3.05) is 0 Å². The van der Waals surface area contributed by atoms with Crippen molar-refractivity contribution in [3.8, 4) is 0 Å². The van der Waals surface area contributed by atoms with Gasteiger partial charge in [0, 0.05) is 0 Å². The van der Waals surface area contributed by atoms with Gasteiger partial charge in [-0.05, 0) is 17.8 Å². The predicted molar refractivity (Wildman–Crippen MR) is 95.1 cm³/mol. The second-order valence-electron chi connectivity index (χ2n) is 6.08. The maximum absolute atomic E-state index is 2.40. The molecule has 1 unspecified atom stereocenters. The van der Waals surface area contributed by atoms with Crippen LogP contribution in [0.5, 0.6) is 0 Å². The predicted octanol–water partition coefficient (Wildman–Crippen LogP) is 7.30. The molecule has 126 valence electrons. The van der Waals surface area contributed by atoms with Crippen LogP contribution in [0.4, 0.5) is 0 Å². The second kappa shape index (κ2) is 15.3. The summed E-state index contributed by atoms with van der Waals surface area (Å²) in [6, 6.07) is 0. The lowest BCUT2D eigenvalue weighted by atomic mass is 9.66. The highest BCUT2D eigenvalue weighted by Crippen LogP contribution is 2.43. The Kier molecular flexibility index (Phi) is 19.1. The molecular weight excluding hydrogens is 244 g/mol. The van der Waals surface area contributed by atoms with E-state index in [1.165, 1.54) is 70.6 Å². The third kappa shape index (κ3) is 8.26. The lowest BCUT2D eigenvalue weighted by Crippen LogP contribution is -2.28. The molecule has 0 aromatic heterocycles. The number of hydrogen-bond acceptors (Lipinski definition) is 2. The van der Waals surface area contributed by atoms with Crippen LogP contribution in [0.2, 0.25) is 0 Å². The smallest absolute Gasteiger partial charge is 0.0277 e. The van der Waals surface area contributed by atoms with Gasteiger partial charge in [0.1, 0.15) is 0 Å². The van der Waals surface area contributed by atoms with E-state index in [-0.39, 0.29) is 12.3 Å². The van der Waals surface area contributed by atoms with Gasteiger partial charge in [0.05, 0.1) is 0 Å². The van der Waals surface area contributed by atoms with Crippen molar-refractivity contribution < 1.29 is 0 Å².